The average Bonchev–Trinajstić information content (AvgIpc) is 3.55. The van der Waals surface area contributed by atoms with Crippen molar-refractivity contribution in [2.24, 2.45) is 10.8 Å². The molecule has 202 valence electrons. The summed E-state index contributed by atoms with van der Waals surface area (Å²) in [6.45, 7) is 4.43. The third-order valence-electron chi connectivity index (χ3n) is 8.35. The van der Waals surface area contributed by atoms with Crippen LogP contribution in [0.5, 0.6) is 5.75 Å². The van der Waals surface area contributed by atoms with Crippen LogP contribution >= 0.6 is 37.9 Å². The van der Waals surface area contributed by atoms with Gasteiger partial charge in [0.15, 0.2) is 11.6 Å². The number of rotatable bonds is 6. The first kappa shape index (κ1) is 26.1. The molecule has 13 heteroatoms. The molecule has 0 saturated heterocycles. The van der Waals surface area contributed by atoms with Crippen molar-refractivity contribution in [3.05, 3.63) is 24.4 Å². The summed E-state index contributed by atoms with van der Waals surface area (Å²) in [6.07, 6.45) is 7.72. The Labute approximate surface area is 237 Å². The van der Waals surface area contributed by atoms with E-state index in [0.29, 0.717) is 16.9 Å². The summed E-state index contributed by atoms with van der Waals surface area (Å²) >= 11 is 12.6. The lowest BCUT2D eigenvalue weighted by atomic mass is 9.54. The molecular formula is C25H31FN8OS3. The van der Waals surface area contributed by atoms with Crippen molar-refractivity contribution < 1.29 is 9.50 Å². The lowest BCUT2D eigenvalue weighted by Crippen LogP contribution is -2.58. The highest BCUT2D eigenvalue weighted by molar-refractivity contribution is 8.15. The molecule has 9 nitrogen and oxygen atoms in total. The SMILES string of the molecule is C[C@]12CCC[C@](C)(C1)[C@H](F)[C@H](N(c1cnc(-c3ccc(-c4nnn(C(S)(S)S)n4)cc3O)nn1)C1CC1)C2. The number of nitrogens with zero attached hydrogens (tertiary/aromatic N) is 8. The fourth-order valence-electron chi connectivity index (χ4n) is 6.60. The zero-order chi connectivity index (χ0) is 26.9. The molecule has 0 radical (unpaired) electrons. The minimum Gasteiger partial charge on any atom is -0.507 e. The van der Waals surface area contributed by atoms with Crippen LogP contribution in [0.15, 0.2) is 24.4 Å². The van der Waals surface area contributed by atoms with E-state index < -0.39 is 9.71 Å². The van der Waals surface area contributed by atoms with E-state index >= 15 is 4.39 Å². The molecule has 2 bridgehead atoms. The molecule has 1 N–H and O–H groups in total. The van der Waals surface area contributed by atoms with Crippen LogP contribution in [-0.4, -0.2) is 58.8 Å². The highest BCUT2D eigenvalue weighted by Crippen LogP contribution is 2.58. The van der Waals surface area contributed by atoms with E-state index in [9.17, 15) is 5.11 Å². The number of phenolic OH excluding ortho intramolecular Hbond substituents is 1. The van der Waals surface area contributed by atoms with Crippen molar-refractivity contribution in [1.29, 1.82) is 0 Å². The molecule has 38 heavy (non-hydrogen) atoms. The molecule has 0 amide bonds. The standard InChI is InChI=1S/C25H31FN8OS3/c1-23-8-3-9-24(2,13-23)20(26)17(11-23)33(15-5-6-15)19-12-27-22(29-28-19)16-7-4-14(10-18(16)35)21-30-32-34(31-21)25(36,37)38/h4,7,10,12,15,17,20,35-38H,3,5-6,8-9,11,13H2,1-2H3/t17-,20-,23-,24-/m1/s1. The fourth-order valence-corrected chi connectivity index (χ4v) is 6.85. The Morgan fingerprint density at radius 3 is 2.53 bits per heavy atom. The first-order valence-corrected chi connectivity index (χ1v) is 14.2. The summed E-state index contributed by atoms with van der Waals surface area (Å²) in [5.74, 6) is 1.11. The Kier molecular flexibility index (Phi) is 6.34. The van der Waals surface area contributed by atoms with Crippen LogP contribution in [0.4, 0.5) is 10.2 Å². The molecule has 0 spiro atoms. The lowest BCUT2D eigenvalue weighted by molar-refractivity contribution is -0.0554. The maximum atomic E-state index is 16.1. The molecule has 3 saturated carbocycles. The van der Waals surface area contributed by atoms with E-state index in [1.807, 2.05) is 0 Å². The number of thiol groups is 3. The minimum absolute atomic E-state index is 0.0499. The van der Waals surface area contributed by atoms with Gasteiger partial charge in [0.2, 0.25) is 9.36 Å². The van der Waals surface area contributed by atoms with E-state index in [-0.39, 0.29) is 40.3 Å². The quantitative estimate of drug-likeness (QED) is 0.243. The van der Waals surface area contributed by atoms with E-state index in [1.54, 1.807) is 18.3 Å². The molecule has 3 fully saturated rings. The zero-order valence-corrected chi connectivity index (χ0v) is 23.9. The second kappa shape index (κ2) is 9.22. The lowest BCUT2D eigenvalue weighted by Gasteiger charge is -2.56. The Morgan fingerprint density at radius 1 is 1.11 bits per heavy atom. The Bertz CT molecular complexity index is 1350. The number of aromatic nitrogens is 7. The monoisotopic (exact) mass is 574 g/mol. The third kappa shape index (κ3) is 4.74. The van der Waals surface area contributed by atoms with E-state index in [0.717, 1.165) is 49.7 Å². The van der Waals surface area contributed by atoms with Gasteiger partial charge in [-0.2, -0.15) is 0 Å². The molecular weight excluding hydrogens is 544 g/mol. The van der Waals surface area contributed by atoms with Gasteiger partial charge in [-0.3, -0.25) is 0 Å². The molecule has 0 aliphatic heterocycles. The topological polar surface area (TPSA) is 106 Å². The van der Waals surface area contributed by atoms with E-state index in [1.165, 1.54) is 6.07 Å². The van der Waals surface area contributed by atoms with Gasteiger partial charge in [0.25, 0.3) is 0 Å². The zero-order valence-electron chi connectivity index (χ0n) is 21.2. The Hall–Kier alpha value is -2.12. The number of tetrazole rings is 1. The number of anilines is 1. The molecule has 3 aromatic rings. The number of fused-ring (bicyclic) bond motifs is 2. The molecule has 0 unspecified atom stereocenters. The minimum atomic E-state index is -1.21. The molecule has 3 aliphatic rings. The number of alkyl halides is 1. The van der Waals surface area contributed by atoms with Gasteiger partial charge >= 0.3 is 0 Å². The van der Waals surface area contributed by atoms with Crippen LogP contribution in [0.2, 0.25) is 0 Å². The van der Waals surface area contributed by atoms with Crippen molar-refractivity contribution in [3.63, 3.8) is 0 Å². The number of phenols is 1. The fraction of sp³-hybridized carbons (Fsp3) is 0.600. The first-order valence-electron chi connectivity index (χ1n) is 12.9. The second-order valence-electron chi connectivity index (χ2n) is 11.7. The van der Waals surface area contributed by atoms with Gasteiger partial charge in [-0.1, -0.05) is 26.3 Å². The third-order valence-corrected chi connectivity index (χ3v) is 8.89. The maximum absolute atomic E-state index is 16.1. The summed E-state index contributed by atoms with van der Waals surface area (Å²) in [6, 6.07) is 4.96. The van der Waals surface area contributed by atoms with Crippen molar-refractivity contribution in [2.75, 3.05) is 4.90 Å². The van der Waals surface area contributed by atoms with Gasteiger partial charge in [-0.05, 0) is 61.3 Å². The van der Waals surface area contributed by atoms with Crippen molar-refractivity contribution >= 4 is 43.7 Å². The van der Waals surface area contributed by atoms with Gasteiger partial charge in [-0.25, -0.2) is 9.37 Å². The van der Waals surface area contributed by atoms with Crippen LogP contribution in [0.1, 0.15) is 58.8 Å². The number of halogens is 1. The van der Waals surface area contributed by atoms with Crippen LogP contribution < -0.4 is 4.90 Å². The largest absolute Gasteiger partial charge is 0.507 e. The Morgan fingerprint density at radius 2 is 1.89 bits per heavy atom. The van der Waals surface area contributed by atoms with Gasteiger partial charge in [0.05, 0.1) is 17.8 Å². The maximum Gasteiger partial charge on any atom is 0.213 e. The van der Waals surface area contributed by atoms with Crippen LogP contribution in [0, 0.1) is 10.8 Å². The van der Waals surface area contributed by atoms with Crippen molar-refractivity contribution in [3.8, 4) is 28.5 Å². The molecule has 2 heterocycles. The summed E-state index contributed by atoms with van der Waals surface area (Å²) < 4.78 is 14.9. The van der Waals surface area contributed by atoms with Gasteiger partial charge < -0.3 is 10.0 Å². The molecule has 2 aromatic heterocycles. The highest BCUT2D eigenvalue weighted by Gasteiger charge is 2.56. The van der Waals surface area contributed by atoms with Crippen LogP contribution in [-0.2, 0) is 3.54 Å². The molecule has 4 atom stereocenters. The number of hydrogen-bond acceptors (Lipinski definition) is 11. The van der Waals surface area contributed by atoms with Gasteiger partial charge in [0.1, 0.15) is 11.9 Å². The average molecular weight is 575 g/mol. The predicted octanol–water partition coefficient (Wildman–Crippen LogP) is 4.92. The van der Waals surface area contributed by atoms with Crippen LogP contribution in [0.25, 0.3) is 22.8 Å². The normalized spacial score (nSPS) is 29.3. The van der Waals surface area contributed by atoms with Crippen molar-refractivity contribution in [1.82, 2.24) is 35.4 Å². The summed E-state index contributed by atoms with van der Waals surface area (Å²) in [5, 5.41) is 31.6. The molecule has 6 rings (SSSR count). The van der Waals surface area contributed by atoms with E-state index in [4.69, 9.17) is 0 Å². The van der Waals surface area contributed by atoms with Crippen molar-refractivity contribution in [2.45, 2.75) is 80.6 Å². The van der Waals surface area contributed by atoms with E-state index in [2.05, 4.69) is 87.2 Å². The summed E-state index contributed by atoms with van der Waals surface area (Å²) in [4.78, 5) is 7.82. The predicted molar refractivity (Wildman–Crippen MR) is 152 cm³/mol. The summed E-state index contributed by atoms with van der Waals surface area (Å²) in [5.41, 5.74) is 0.808. The summed E-state index contributed by atoms with van der Waals surface area (Å²) in [7, 11) is 0. The van der Waals surface area contributed by atoms with Gasteiger partial charge in [0, 0.05) is 17.0 Å². The number of hydrogen-bond donors (Lipinski definition) is 4. The Balaban J connectivity index is 1.26. The number of aromatic hydroxyl groups is 1. The first-order chi connectivity index (χ1) is 18.0. The van der Waals surface area contributed by atoms with Gasteiger partial charge in [-0.15, -0.1) is 63.1 Å². The highest BCUT2D eigenvalue weighted by atomic mass is 32.2. The second-order valence-corrected chi connectivity index (χ2v) is 14.7. The van der Waals surface area contributed by atoms with Crippen LogP contribution in [0.3, 0.4) is 0 Å². The number of benzene rings is 1. The molecule has 3 aliphatic carbocycles. The smallest absolute Gasteiger partial charge is 0.213 e. The molecule has 1 aromatic carbocycles.